The summed E-state index contributed by atoms with van der Waals surface area (Å²) in [5.74, 6) is -0.0313. The minimum Gasteiger partial charge on any atom is -0.464 e. The van der Waals surface area contributed by atoms with Crippen molar-refractivity contribution in [3.05, 3.63) is 29.8 Å². The van der Waals surface area contributed by atoms with Crippen LogP contribution in [0.2, 0.25) is 0 Å². The Morgan fingerprint density at radius 1 is 1.00 bits per heavy atom. The van der Waals surface area contributed by atoms with Gasteiger partial charge in [-0.25, -0.2) is 0 Å². The smallest absolute Gasteiger partial charge is 0.305 e. The maximum atomic E-state index is 11.6. The minimum atomic E-state index is -0.0313. The van der Waals surface area contributed by atoms with E-state index in [-0.39, 0.29) is 5.97 Å². The number of rotatable bonds is 13. The van der Waals surface area contributed by atoms with E-state index >= 15 is 0 Å². The van der Waals surface area contributed by atoms with E-state index in [2.05, 4.69) is 41.9 Å². The zero-order chi connectivity index (χ0) is 22.9. The lowest BCUT2D eigenvalue weighted by Crippen LogP contribution is -2.38. The van der Waals surface area contributed by atoms with Crippen molar-refractivity contribution in [1.82, 2.24) is 4.90 Å². The highest BCUT2D eigenvalue weighted by molar-refractivity contribution is 5.91. The third-order valence-corrected chi connectivity index (χ3v) is 6.01. The van der Waals surface area contributed by atoms with Crippen molar-refractivity contribution in [3.8, 4) is 0 Å². The Hall–Kier alpha value is -1.72. The molecule has 3 rings (SSSR count). The van der Waals surface area contributed by atoms with Crippen molar-refractivity contribution in [3.63, 3.8) is 0 Å². The fourth-order valence-corrected chi connectivity index (χ4v) is 4.06. The van der Waals surface area contributed by atoms with Gasteiger partial charge in [-0.1, -0.05) is 76.5 Å². The normalized spacial score (nSPS) is 15.5. The maximum Gasteiger partial charge on any atom is 0.305 e. The standard InChI is InChI=1S/C18H35NO3.C9H9N/c1-2-3-4-5-6-7-8-9-10-11-18(20)22-17-14-19-12-15-21-16-13-19;1-7-6-8-4-2-3-5-9(8)10-7/h2-17H2,1H3;2-5H,6H2,1H3. The predicted octanol–water partition coefficient (Wildman–Crippen LogP) is 6.12. The van der Waals surface area contributed by atoms with Gasteiger partial charge >= 0.3 is 5.97 Å². The molecule has 0 amide bonds. The molecule has 1 aromatic rings. The van der Waals surface area contributed by atoms with Gasteiger partial charge in [0.25, 0.3) is 0 Å². The molecule has 5 heteroatoms. The maximum absolute atomic E-state index is 11.6. The molecule has 0 N–H and O–H groups in total. The topological polar surface area (TPSA) is 51.1 Å². The van der Waals surface area contributed by atoms with Gasteiger partial charge in [-0.15, -0.1) is 0 Å². The Bertz CT molecular complexity index is 669. The van der Waals surface area contributed by atoms with E-state index in [4.69, 9.17) is 9.47 Å². The lowest BCUT2D eigenvalue weighted by atomic mass is 10.1. The molecule has 0 bridgehead atoms. The highest BCUT2D eigenvalue weighted by atomic mass is 16.5. The second-order valence-electron chi connectivity index (χ2n) is 8.91. The molecule has 2 aliphatic heterocycles. The van der Waals surface area contributed by atoms with Crippen LogP contribution in [0.25, 0.3) is 0 Å². The van der Waals surface area contributed by atoms with Crippen LogP contribution < -0.4 is 0 Å². The Labute approximate surface area is 195 Å². The van der Waals surface area contributed by atoms with E-state index in [0.717, 1.165) is 57.8 Å². The summed E-state index contributed by atoms with van der Waals surface area (Å²) in [5.41, 5.74) is 3.74. The molecule has 180 valence electrons. The first kappa shape index (κ1) is 26.5. The largest absolute Gasteiger partial charge is 0.464 e. The Morgan fingerprint density at radius 3 is 2.34 bits per heavy atom. The van der Waals surface area contributed by atoms with Crippen molar-refractivity contribution < 1.29 is 14.3 Å². The van der Waals surface area contributed by atoms with E-state index in [1.807, 2.05) is 6.07 Å². The zero-order valence-electron chi connectivity index (χ0n) is 20.4. The molecule has 0 aromatic heterocycles. The molecule has 5 nitrogen and oxygen atoms in total. The SMILES string of the molecule is CC1=Nc2ccccc2C1.CCCCCCCCCCCC(=O)OCCN1CCOCC1. The third kappa shape index (κ3) is 11.8. The van der Waals surface area contributed by atoms with Crippen molar-refractivity contribution in [2.45, 2.75) is 84.5 Å². The number of ether oxygens (including phenoxy) is 2. The molecule has 1 saturated heterocycles. The summed E-state index contributed by atoms with van der Waals surface area (Å²) in [4.78, 5) is 18.3. The first-order chi connectivity index (χ1) is 15.7. The molecule has 0 saturated carbocycles. The summed E-state index contributed by atoms with van der Waals surface area (Å²) < 4.78 is 10.6. The fourth-order valence-electron chi connectivity index (χ4n) is 4.06. The number of aliphatic imine (C=N–C) groups is 1. The van der Waals surface area contributed by atoms with Gasteiger partial charge in [0, 0.05) is 38.2 Å². The monoisotopic (exact) mass is 444 g/mol. The van der Waals surface area contributed by atoms with E-state index in [9.17, 15) is 4.79 Å². The van der Waals surface area contributed by atoms with Gasteiger partial charge in [0.15, 0.2) is 0 Å². The van der Waals surface area contributed by atoms with Crippen LogP contribution in [0.5, 0.6) is 0 Å². The van der Waals surface area contributed by atoms with E-state index in [1.165, 1.54) is 56.2 Å². The van der Waals surface area contributed by atoms with Gasteiger partial charge < -0.3 is 9.47 Å². The number of nitrogens with zero attached hydrogens (tertiary/aromatic N) is 2. The highest BCUT2D eigenvalue weighted by Crippen LogP contribution is 2.25. The molecule has 2 aliphatic rings. The number of esters is 1. The number of benzene rings is 1. The average Bonchev–Trinajstić information content (AvgIpc) is 3.19. The van der Waals surface area contributed by atoms with Crippen molar-refractivity contribution >= 4 is 17.4 Å². The van der Waals surface area contributed by atoms with E-state index in [1.54, 1.807) is 0 Å². The number of hydrogen-bond acceptors (Lipinski definition) is 5. The van der Waals surface area contributed by atoms with E-state index < -0.39 is 0 Å². The van der Waals surface area contributed by atoms with Crippen LogP contribution in [-0.4, -0.2) is 56.0 Å². The number of para-hydroxylation sites is 1. The predicted molar refractivity (Wildman–Crippen MR) is 133 cm³/mol. The summed E-state index contributed by atoms with van der Waals surface area (Å²) in [7, 11) is 0. The van der Waals surface area contributed by atoms with Crippen LogP contribution in [0, 0.1) is 0 Å². The summed E-state index contributed by atoms with van der Waals surface area (Å²) >= 11 is 0. The Balaban J connectivity index is 0.000000297. The van der Waals surface area contributed by atoms with Crippen LogP contribution in [0.1, 0.15) is 83.6 Å². The molecular formula is C27H44N2O3. The molecule has 0 spiro atoms. The first-order valence-electron chi connectivity index (χ1n) is 12.8. The Kier molecular flexibility index (Phi) is 14.0. The lowest BCUT2D eigenvalue weighted by Gasteiger charge is -2.26. The Morgan fingerprint density at radius 2 is 1.66 bits per heavy atom. The number of carbonyl (C=O) groups is 1. The van der Waals surface area contributed by atoms with Crippen molar-refractivity contribution in [2.24, 2.45) is 4.99 Å². The van der Waals surface area contributed by atoms with Crippen molar-refractivity contribution in [2.75, 3.05) is 39.5 Å². The van der Waals surface area contributed by atoms with Gasteiger partial charge in [-0.05, 0) is 25.0 Å². The average molecular weight is 445 g/mol. The molecule has 1 fully saturated rings. The van der Waals surface area contributed by atoms with Gasteiger partial charge in [-0.2, -0.15) is 0 Å². The number of carbonyl (C=O) groups excluding carboxylic acids is 1. The van der Waals surface area contributed by atoms with Crippen LogP contribution in [0.3, 0.4) is 0 Å². The van der Waals surface area contributed by atoms with Gasteiger partial charge in [0.05, 0.1) is 18.9 Å². The molecule has 0 unspecified atom stereocenters. The summed E-state index contributed by atoms with van der Waals surface area (Å²) in [6.07, 6.45) is 13.1. The van der Waals surface area contributed by atoms with Crippen LogP contribution in [-0.2, 0) is 20.7 Å². The lowest BCUT2D eigenvalue weighted by molar-refractivity contribution is -0.144. The van der Waals surface area contributed by atoms with Crippen LogP contribution in [0.4, 0.5) is 5.69 Å². The first-order valence-corrected chi connectivity index (χ1v) is 12.8. The molecular weight excluding hydrogens is 400 g/mol. The zero-order valence-corrected chi connectivity index (χ0v) is 20.4. The summed E-state index contributed by atoms with van der Waals surface area (Å²) in [5, 5.41) is 0. The van der Waals surface area contributed by atoms with E-state index in [0.29, 0.717) is 13.0 Å². The number of fused-ring (bicyclic) bond motifs is 1. The van der Waals surface area contributed by atoms with Gasteiger partial charge in [0.2, 0.25) is 0 Å². The third-order valence-electron chi connectivity index (χ3n) is 6.01. The number of hydrogen-bond donors (Lipinski definition) is 0. The van der Waals surface area contributed by atoms with Gasteiger partial charge in [-0.3, -0.25) is 14.7 Å². The van der Waals surface area contributed by atoms with Crippen LogP contribution >= 0.6 is 0 Å². The molecule has 0 aliphatic carbocycles. The molecule has 32 heavy (non-hydrogen) atoms. The number of morpholine rings is 1. The molecule has 1 aromatic carbocycles. The van der Waals surface area contributed by atoms with Crippen LogP contribution in [0.15, 0.2) is 29.3 Å². The van der Waals surface area contributed by atoms with Crippen molar-refractivity contribution in [1.29, 1.82) is 0 Å². The summed E-state index contributed by atoms with van der Waals surface area (Å²) in [6.45, 7) is 9.19. The quantitative estimate of drug-likeness (QED) is 0.272. The molecule has 2 heterocycles. The van der Waals surface area contributed by atoms with Gasteiger partial charge in [0.1, 0.15) is 6.61 Å². The highest BCUT2D eigenvalue weighted by Gasteiger charge is 2.11. The summed E-state index contributed by atoms with van der Waals surface area (Å²) in [6, 6.07) is 8.29. The molecule has 0 atom stereocenters. The second kappa shape index (κ2) is 16.8. The fraction of sp³-hybridized carbons (Fsp3) is 0.704. The second-order valence-corrected chi connectivity index (χ2v) is 8.91. The number of unbranched alkanes of at least 4 members (excludes halogenated alkanes) is 8. The minimum absolute atomic E-state index is 0.0313. The molecule has 0 radical (unpaired) electrons.